The van der Waals surface area contributed by atoms with Crippen molar-refractivity contribution >= 4 is 17.6 Å². The summed E-state index contributed by atoms with van der Waals surface area (Å²) in [6.45, 7) is 2.22. The molecule has 2 aromatic rings. The smallest absolute Gasteiger partial charge is 0.314 e. The molecule has 0 atom stereocenters. The fraction of sp³-hybridized carbons (Fsp3) is 0.407. The van der Waals surface area contributed by atoms with Gasteiger partial charge in [0.1, 0.15) is 11.5 Å². The number of ether oxygens (including phenoxy) is 2. The Morgan fingerprint density at radius 1 is 1.13 bits per heavy atom. The summed E-state index contributed by atoms with van der Waals surface area (Å²) < 4.78 is 11.1. The lowest BCUT2D eigenvalue weighted by Crippen LogP contribution is -2.25. The average molecular weight is 418 g/mol. The predicted octanol–water partition coefficient (Wildman–Crippen LogP) is 6.66. The van der Waals surface area contributed by atoms with Gasteiger partial charge in [-0.25, -0.2) is 0 Å². The van der Waals surface area contributed by atoms with Crippen LogP contribution in [0.25, 0.3) is 11.6 Å². The molecule has 162 valence electrons. The van der Waals surface area contributed by atoms with Crippen molar-refractivity contribution in [2.24, 2.45) is 11.8 Å². The quantitative estimate of drug-likeness (QED) is 0.208. The van der Waals surface area contributed by atoms with E-state index in [4.69, 9.17) is 9.47 Å². The van der Waals surface area contributed by atoms with Crippen LogP contribution in [-0.2, 0) is 4.79 Å². The minimum absolute atomic E-state index is 0.0136. The summed E-state index contributed by atoms with van der Waals surface area (Å²) in [7, 11) is 1.59. The Morgan fingerprint density at radius 2 is 1.90 bits per heavy atom. The van der Waals surface area contributed by atoms with E-state index in [1.54, 1.807) is 25.3 Å². The van der Waals surface area contributed by atoms with Gasteiger partial charge in [-0.05, 0) is 67.5 Å². The Kier molecular flexibility index (Phi) is 8.29. The third-order valence-electron chi connectivity index (χ3n) is 6.05. The van der Waals surface area contributed by atoms with Crippen molar-refractivity contribution in [3.63, 3.8) is 0 Å². The topological polar surface area (TPSA) is 59.3 Å². The van der Waals surface area contributed by atoms with Gasteiger partial charge >= 0.3 is 5.97 Å². The van der Waals surface area contributed by atoms with E-state index in [0.29, 0.717) is 17.1 Å². The molecule has 0 bridgehead atoms. The molecule has 0 amide bonds. The van der Waals surface area contributed by atoms with Gasteiger partial charge in [-0.2, -0.15) is 5.26 Å². The van der Waals surface area contributed by atoms with Crippen LogP contribution in [0, 0.1) is 23.2 Å². The van der Waals surface area contributed by atoms with Gasteiger partial charge in [-0.3, -0.25) is 4.79 Å². The Morgan fingerprint density at radius 3 is 2.61 bits per heavy atom. The van der Waals surface area contributed by atoms with Gasteiger partial charge in [-0.1, -0.05) is 50.5 Å². The molecule has 2 aromatic carbocycles. The van der Waals surface area contributed by atoms with Crippen molar-refractivity contribution in [3.8, 4) is 17.6 Å². The lowest BCUT2D eigenvalue weighted by atomic mass is 9.80. The molecule has 4 heteroatoms. The number of carbonyl (C=O) groups is 1. The van der Waals surface area contributed by atoms with Crippen molar-refractivity contribution in [3.05, 3.63) is 59.7 Å². The van der Waals surface area contributed by atoms with E-state index in [-0.39, 0.29) is 11.9 Å². The van der Waals surface area contributed by atoms with E-state index >= 15 is 0 Å². The molecule has 0 radical (unpaired) electrons. The number of rotatable bonds is 8. The summed E-state index contributed by atoms with van der Waals surface area (Å²) in [5, 5.41) is 9.66. The Hall–Kier alpha value is -3.06. The van der Waals surface area contributed by atoms with Crippen LogP contribution in [0.1, 0.15) is 63.0 Å². The van der Waals surface area contributed by atoms with E-state index in [9.17, 15) is 10.1 Å². The molecule has 3 rings (SSSR count). The summed E-state index contributed by atoms with van der Waals surface area (Å²) in [4.78, 5) is 12.7. The van der Waals surface area contributed by atoms with Crippen LogP contribution in [0.3, 0.4) is 0 Å². The molecule has 31 heavy (non-hydrogen) atoms. The fourth-order valence-electron chi connectivity index (χ4n) is 4.25. The first kappa shape index (κ1) is 22.6. The predicted molar refractivity (Wildman–Crippen MR) is 124 cm³/mol. The maximum atomic E-state index is 12.7. The van der Waals surface area contributed by atoms with Gasteiger partial charge in [-0.15, -0.1) is 0 Å². The fourth-order valence-corrected chi connectivity index (χ4v) is 4.25. The standard InChI is InChI=1S/C27H31NO3/c1-3-4-8-20-13-15-22(16-14-20)27(29)31-24-10-7-9-21(18-24)17-23(19-28)25-11-5-6-12-26(25)30-2/h5-7,9-12,17-18,20,22H,3-4,8,13-16H2,1-2H3/b23-17-. The van der Waals surface area contributed by atoms with Crippen molar-refractivity contribution in [2.75, 3.05) is 7.11 Å². The summed E-state index contributed by atoms with van der Waals surface area (Å²) in [5.74, 6) is 1.77. The Labute approximate surface area is 185 Å². The first-order chi connectivity index (χ1) is 15.1. The molecule has 1 aliphatic carbocycles. The summed E-state index contributed by atoms with van der Waals surface area (Å²) in [6.07, 6.45) is 9.64. The molecule has 0 heterocycles. The highest BCUT2D eigenvalue weighted by molar-refractivity contribution is 5.91. The van der Waals surface area contributed by atoms with E-state index < -0.39 is 0 Å². The van der Waals surface area contributed by atoms with Gasteiger partial charge in [0.2, 0.25) is 0 Å². The summed E-state index contributed by atoms with van der Waals surface area (Å²) in [6, 6.07) is 17.0. The van der Waals surface area contributed by atoms with Crippen LogP contribution < -0.4 is 9.47 Å². The Balaban J connectivity index is 1.67. The maximum absolute atomic E-state index is 12.7. The van der Waals surface area contributed by atoms with Crippen molar-refractivity contribution in [1.82, 2.24) is 0 Å². The molecule has 0 aliphatic heterocycles. The molecule has 0 N–H and O–H groups in total. The maximum Gasteiger partial charge on any atom is 0.314 e. The largest absolute Gasteiger partial charge is 0.496 e. The summed E-state index contributed by atoms with van der Waals surface area (Å²) in [5.41, 5.74) is 2.03. The molecule has 0 unspecified atom stereocenters. The third-order valence-corrected chi connectivity index (χ3v) is 6.05. The number of carbonyl (C=O) groups excluding carboxylic acids is 1. The van der Waals surface area contributed by atoms with Gasteiger partial charge in [0.15, 0.2) is 0 Å². The molecule has 1 saturated carbocycles. The second-order valence-corrected chi connectivity index (χ2v) is 8.22. The second kappa shape index (κ2) is 11.4. The number of esters is 1. The number of methoxy groups -OCH3 is 1. The van der Waals surface area contributed by atoms with E-state index in [1.165, 1.54) is 19.3 Å². The van der Waals surface area contributed by atoms with Crippen molar-refractivity contribution in [2.45, 2.75) is 51.9 Å². The number of para-hydroxylation sites is 1. The van der Waals surface area contributed by atoms with Crippen LogP contribution in [0.15, 0.2) is 48.5 Å². The lowest BCUT2D eigenvalue weighted by molar-refractivity contribution is -0.140. The highest BCUT2D eigenvalue weighted by Crippen LogP contribution is 2.33. The van der Waals surface area contributed by atoms with Crippen molar-refractivity contribution < 1.29 is 14.3 Å². The SMILES string of the molecule is CCCCC1CCC(C(=O)Oc2cccc(/C=C(/C#N)c3ccccc3OC)c2)CC1. The monoisotopic (exact) mass is 417 g/mol. The van der Waals surface area contributed by atoms with Crippen LogP contribution >= 0.6 is 0 Å². The van der Waals surface area contributed by atoms with Crippen LogP contribution in [-0.4, -0.2) is 13.1 Å². The molecule has 1 fully saturated rings. The molecule has 1 aliphatic rings. The number of nitrogens with zero attached hydrogens (tertiary/aromatic N) is 1. The number of unbranched alkanes of at least 4 members (excludes halogenated alkanes) is 1. The highest BCUT2D eigenvalue weighted by atomic mass is 16.5. The molecule has 4 nitrogen and oxygen atoms in total. The Bertz CT molecular complexity index is 949. The average Bonchev–Trinajstić information content (AvgIpc) is 2.81. The first-order valence-corrected chi connectivity index (χ1v) is 11.2. The molecule has 0 spiro atoms. The number of nitriles is 1. The van der Waals surface area contributed by atoms with Crippen LogP contribution in [0.4, 0.5) is 0 Å². The number of hydrogen-bond donors (Lipinski definition) is 0. The van der Waals surface area contributed by atoms with Gasteiger partial charge in [0.25, 0.3) is 0 Å². The molecular weight excluding hydrogens is 386 g/mol. The van der Waals surface area contributed by atoms with E-state index in [2.05, 4.69) is 13.0 Å². The normalized spacial score (nSPS) is 18.8. The number of allylic oxidation sites excluding steroid dienone is 1. The first-order valence-electron chi connectivity index (χ1n) is 11.2. The minimum atomic E-state index is -0.139. The minimum Gasteiger partial charge on any atom is -0.496 e. The molecule has 0 saturated heterocycles. The highest BCUT2D eigenvalue weighted by Gasteiger charge is 2.27. The zero-order valence-electron chi connectivity index (χ0n) is 18.5. The van der Waals surface area contributed by atoms with Crippen LogP contribution in [0.5, 0.6) is 11.5 Å². The molecule has 0 aromatic heterocycles. The zero-order valence-corrected chi connectivity index (χ0v) is 18.5. The van der Waals surface area contributed by atoms with Crippen LogP contribution in [0.2, 0.25) is 0 Å². The van der Waals surface area contributed by atoms with Crippen molar-refractivity contribution in [1.29, 1.82) is 5.26 Å². The van der Waals surface area contributed by atoms with Gasteiger partial charge in [0.05, 0.1) is 24.7 Å². The van der Waals surface area contributed by atoms with Gasteiger partial charge < -0.3 is 9.47 Å². The van der Waals surface area contributed by atoms with Gasteiger partial charge in [0, 0.05) is 5.56 Å². The number of benzene rings is 2. The number of hydrogen-bond acceptors (Lipinski definition) is 4. The lowest BCUT2D eigenvalue weighted by Gasteiger charge is -2.27. The van der Waals surface area contributed by atoms with E-state index in [1.807, 2.05) is 36.4 Å². The zero-order chi connectivity index (χ0) is 22.1. The third kappa shape index (κ3) is 6.21. The van der Waals surface area contributed by atoms with E-state index in [0.717, 1.165) is 42.7 Å². The molecular formula is C27H31NO3. The summed E-state index contributed by atoms with van der Waals surface area (Å²) >= 11 is 0. The second-order valence-electron chi connectivity index (χ2n) is 8.22.